The Hall–Kier alpha value is -0.740. The van der Waals surface area contributed by atoms with Gasteiger partial charge in [0, 0.05) is 12.0 Å². The van der Waals surface area contributed by atoms with Crippen molar-refractivity contribution in [2.45, 2.75) is 83.4 Å². The lowest BCUT2D eigenvalue weighted by Crippen LogP contribution is -2.43. The summed E-state index contributed by atoms with van der Waals surface area (Å²) < 4.78 is 38.6. The van der Waals surface area contributed by atoms with E-state index in [-0.39, 0.29) is 24.8 Å². The molecule has 2 fully saturated rings. The molecule has 0 radical (unpaired) electrons. The van der Waals surface area contributed by atoms with Crippen LogP contribution < -0.4 is 5.32 Å². The van der Waals surface area contributed by atoms with E-state index in [9.17, 15) is 18.0 Å². The molecule has 2 nitrogen and oxygen atoms in total. The molecule has 0 aromatic rings. The highest BCUT2D eigenvalue weighted by molar-refractivity contribution is 5.79. The van der Waals surface area contributed by atoms with E-state index in [0.717, 1.165) is 38.5 Å². The summed E-state index contributed by atoms with van der Waals surface area (Å²) in [5, 5.41) is 3.07. The minimum Gasteiger partial charge on any atom is -0.353 e. The number of nitrogens with one attached hydrogen (secondary N) is 1. The van der Waals surface area contributed by atoms with Crippen LogP contribution in [0.15, 0.2) is 0 Å². The van der Waals surface area contributed by atoms with Crippen LogP contribution in [0.4, 0.5) is 13.2 Å². The molecule has 1 N–H and O–H groups in total. The van der Waals surface area contributed by atoms with Crippen molar-refractivity contribution in [3.05, 3.63) is 0 Å². The maximum absolute atomic E-state index is 12.9. The highest BCUT2D eigenvalue weighted by atomic mass is 19.4. The zero-order chi connectivity index (χ0) is 16.2. The topological polar surface area (TPSA) is 29.1 Å². The van der Waals surface area contributed by atoms with E-state index in [1.807, 2.05) is 0 Å². The first kappa shape index (κ1) is 17.6. The molecule has 0 bridgehead atoms. The summed E-state index contributed by atoms with van der Waals surface area (Å²) in [5.41, 5.74) is 0. The zero-order valence-corrected chi connectivity index (χ0v) is 13.4. The standard InChI is InChI=1S/C17H28F3NO/c1-2-3-6-12-7-5-10-15(12)21-16(22)13-8-4-9-14(11-13)17(18,19)20/h12-15H,2-11H2,1H3,(H,21,22). The molecule has 0 saturated heterocycles. The number of amides is 1. The predicted octanol–water partition coefficient (Wildman–Crippen LogP) is 4.83. The number of carbonyl (C=O) groups is 1. The van der Waals surface area contributed by atoms with Crippen LogP contribution in [0.1, 0.15) is 71.1 Å². The van der Waals surface area contributed by atoms with Gasteiger partial charge in [0.15, 0.2) is 0 Å². The smallest absolute Gasteiger partial charge is 0.353 e. The molecule has 2 aliphatic carbocycles. The Bertz CT molecular complexity index is 369. The van der Waals surface area contributed by atoms with Crippen LogP contribution in [0, 0.1) is 17.8 Å². The quantitative estimate of drug-likeness (QED) is 0.772. The Labute approximate surface area is 131 Å². The van der Waals surface area contributed by atoms with Gasteiger partial charge in [-0.15, -0.1) is 0 Å². The van der Waals surface area contributed by atoms with E-state index in [4.69, 9.17) is 0 Å². The summed E-state index contributed by atoms with van der Waals surface area (Å²) in [5.74, 6) is -1.36. The van der Waals surface area contributed by atoms with Gasteiger partial charge in [0.2, 0.25) is 5.91 Å². The summed E-state index contributed by atoms with van der Waals surface area (Å²) in [6.45, 7) is 2.15. The van der Waals surface area contributed by atoms with Gasteiger partial charge in [-0.25, -0.2) is 0 Å². The second-order valence-electron chi connectivity index (χ2n) is 7.05. The van der Waals surface area contributed by atoms with Crippen LogP contribution in [0.25, 0.3) is 0 Å². The zero-order valence-electron chi connectivity index (χ0n) is 13.4. The van der Waals surface area contributed by atoms with Gasteiger partial charge in [0.05, 0.1) is 5.92 Å². The highest BCUT2D eigenvalue weighted by Gasteiger charge is 2.44. The first-order valence-electron chi connectivity index (χ1n) is 8.79. The second-order valence-corrected chi connectivity index (χ2v) is 7.05. The van der Waals surface area contributed by atoms with Crippen molar-refractivity contribution in [2.24, 2.45) is 17.8 Å². The SMILES string of the molecule is CCCCC1CCCC1NC(=O)C1CCCC(C(F)(F)F)C1. The molecule has 4 unspecified atom stereocenters. The molecule has 0 aliphatic heterocycles. The average Bonchev–Trinajstić information content (AvgIpc) is 2.91. The van der Waals surface area contributed by atoms with Crippen molar-refractivity contribution >= 4 is 5.91 Å². The minimum atomic E-state index is -4.16. The molecule has 0 aromatic carbocycles. The molecule has 0 aromatic heterocycles. The first-order valence-corrected chi connectivity index (χ1v) is 8.79. The Morgan fingerprint density at radius 1 is 1.14 bits per heavy atom. The molecule has 4 atom stereocenters. The first-order chi connectivity index (χ1) is 10.4. The van der Waals surface area contributed by atoms with Gasteiger partial charge in [0.25, 0.3) is 0 Å². The summed E-state index contributed by atoms with van der Waals surface area (Å²) >= 11 is 0. The largest absolute Gasteiger partial charge is 0.391 e. The summed E-state index contributed by atoms with van der Waals surface area (Å²) in [6.07, 6.45) is 3.77. The molecule has 2 aliphatic rings. The van der Waals surface area contributed by atoms with E-state index in [1.165, 1.54) is 0 Å². The third kappa shape index (κ3) is 4.63. The van der Waals surface area contributed by atoms with Crippen LogP contribution in [0.2, 0.25) is 0 Å². The molecule has 22 heavy (non-hydrogen) atoms. The number of halogens is 3. The Balaban J connectivity index is 1.86. The fraction of sp³-hybridized carbons (Fsp3) is 0.941. The number of unbranched alkanes of at least 4 members (excludes halogenated alkanes) is 1. The Kier molecular flexibility index (Phi) is 6.16. The van der Waals surface area contributed by atoms with Gasteiger partial charge in [0.1, 0.15) is 0 Å². The van der Waals surface area contributed by atoms with E-state index in [1.54, 1.807) is 0 Å². The lowest BCUT2D eigenvalue weighted by atomic mass is 9.80. The van der Waals surface area contributed by atoms with Gasteiger partial charge in [-0.2, -0.15) is 13.2 Å². The lowest BCUT2D eigenvalue weighted by molar-refractivity contribution is -0.186. The molecular weight excluding hydrogens is 291 g/mol. The van der Waals surface area contributed by atoms with E-state index < -0.39 is 18.0 Å². The maximum Gasteiger partial charge on any atom is 0.391 e. The van der Waals surface area contributed by atoms with Gasteiger partial charge < -0.3 is 5.32 Å². The van der Waals surface area contributed by atoms with Crippen molar-refractivity contribution in [3.63, 3.8) is 0 Å². The third-order valence-corrected chi connectivity index (χ3v) is 5.42. The fourth-order valence-corrected chi connectivity index (χ4v) is 4.06. The maximum atomic E-state index is 12.9. The Morgan fingerprint density at radius 3 is 2.55 bits per heavy atom. The average molecular weight is 319 g/mol. The second kappa shape index (κ2) is 7.69. The van der Waals surface area contributed by atoms with Crippen LogP contribution in [-0.2, 0) is 4.79 Å². The number of alkyl halides is 3. The monoisotopic (exact) mass is 319 g/mol. The molecule has 2 rings (SSSR count). The normalized spacial score (nSPS) is 32.9. The van der Waals surface area contributed by atoms with Crippen molar-refractivity contribution < 1.29 is 18.0 Å². The van der Waals surface area contributed by atoms with Crippen LogP contribution in [0.5, 0.6) is 0 Å². The van der Waals surface area contributed by atoms with Gasteiger partial charge in [-0.1, -0.05) is 32.6 Å². The summed E-state index contributed by atoms with van der Waals surface area (Å²) in [4.78, 5) is 12.4. The molecule has 128 valence electrons. The van der Waals surface area contributed by atoms with Crippen molar-refractivity contribution in [1.29, 1.82) is 0 Å². The number of carbonyl (C=O) groups excluding carboxylic acids is 1. The molecule has 2 saturated carbocycles. The third-order valence-electron chi connectivity index (χ3n) is 5.42. The summed E-state index contributed by atoms with van der Waals surface area (Å²) in [7, 11) is 0. The van der Waals surface area contributed by atoms with Crippen LogP contribution >= 0.6 is 0 Å². The molecule has 1 amide bonds. The van der Waals surface area contributed by atoms with E-state index >= 15 is 0 Å². The van der Waals surface area contributed by atoms with Crippen molar-refractivity contribution in [1.82, 2.24) is 5.32 Å². The van der Waals surface area contributed by atoms with Gasteiger partial charge in [-0.05, 0) is 44.4 Å². The highest BCUT2D eigenvalue weighted by Crippen LogP contribution is 2.40. The van der Waals surface area contributed by atoms with Crippen molar-refractivity contribution in [3.8, 4) is 0 Å². The minimum absolute atomic E-state index is 0.0261. The van der Waals surface area contributed by atoms with Gasteiger partial charge in [-0.3, -0.25) is 4.79 Å². The van der Waals surface area contributed by atoms with E-state index in [2.05, 4.69) is 12.2 Å². The Morgan fingerprint density at radius 2 is 1.86 bits per heavy atom. The van der Waals surface area contributed by atoms with Crippen LogP contribution in [0.3, 0.4) is 0 Å². The number of hydrogen-bond acceptors (Lipinski definition) is 1. The molecule has 0 heterocycles. The lowest BCUT2D eigenvalue weighted by Gasteiger charge is -2.31. The van der Waals surface area contributed by atoms with Crippen molar-refractivity contribution in [2.75, 3.05) is 0 Å². The fourth-order valence-electron chi connectivity index (χ4n) is 4.06. The molecular formula is C17H28F3NO. The molecule has 5 heteroatoms. The summed E-state index contributed by atoms with van der Waals surface area (Å²) in [6, 6.07) is 0.185. The predicted molar refractivity (Wildman–Crippen MR) is 80.3 cm³/mol. The number of hydrogen-bond donors (Lipinski definition) is 1. The number of rotatable bonds is 5. The van der Waals surface area contributed by atoms with Crippen LogP contribution in [-0.4, -0.2) is 18.1 Å². The van der Waals surface area contributed by atoms with Gasteiger partial charge >= 0.3 is 6.18 Å². The molecule has 0 spiro atoms. The van der Waals surface area contributed by atoms with E-state index in [0.29, 0.717) is 18.8 Å².